The van der Waals surface area contributed by atoms with Gasteiger partial charge in [-0.05, 0) is 37.3 Å². The highest BCUT2D eigenvalue weighted by atomic mass is 15.1. The van der Waals surface area contributed by atoms with E-state index in [4.69, 9.17) is 5.73 Å². The minimum absolute atomic E-state index is 0.729. The van der Waals surface area contributed by atoms with E-state index >= 15 is 0 Å². The highest BCUT2D eigenvalue weighted by Gasteiger charge is 2.24. The molecule has 2 nitrogen and oxygen atoms in total. The van der Waals surface area contributed by atoms with Gasteiger partial charge in [-0.3, -0.25) is 0 Å². The first-order valence-electron chi connectivity index (χ1n) is 5.56. The summed E-state index contributed by atoms with van der Waals surface area (Å²) in [5.74, 6) is 2.34. The number of likely N-dealkylation sites (tertiary alicyclic amines) is 1. The second kappa shape index (κ2) is 4.97. The van der Waals surface area contributed by atoms with Crippen LogP contribution in [0.3, 0.4) is 0 Å². The third kappa shape index (κ3) is 3.28. The summed E-state index contributed by atoms with van der Waals surface area (Å²) < 4.78 is 0. The number of nitrogens with two attached hydrogens (primary N) is 1. The molecule has 78 valence electrons. The van der Waals surface area contributed by atoms with Crippen LogP contribution in [0.15, 0.2) is 0 Å². The molecular formula is C11H24N2. The fraction of sp³-hybridized carbons (Fsp3) is 1.00. The Kier molecular flexibility index (Phi) is 4.20. The van der Waals surface area contributed by atoms with E-state index in [-0.39, 0.29) is 0 Å². The van der Waals surface area contributed by atoms with Gasteiger partial charge in [-0.2, -0.15) is 0 Å². The van der Waals surface area contributed by atoms with Crippen molar-refractivity contribution in [3.8, 4) is 0 Å². The molecule has 2 unspecified atom stereocenters. The highest BCUT2D eigenvalue weighted by Crippen LogP contribution is 2.22. The van der Waals surface area contributed by atoms with Crippen molar-refractivity contribution >= 4 is 0 Å². The Labute approximate surface area is 82.5 Å². The molecule has 1 aliphatic rings. The van der Waals surface area contributed by atoms with Gasteiger partial charge in [0.1, 0.15) is 0 Å². The van der Waals surface area contributed by atoms with Gasteiger partial charge in [0, 0.05) is 13.1 Å². The fourth-order valence-electron chi connectivity index (χ4n) is 2.21. The number of hydrogen-bond acceptors (Lipinski definition) is 2. The molecule has 1 aliphatic heterocycles. The molecule has 0 bridgehead atoms. The van der Waals surface area contributed by atoms with Gasteiger partial charge in [0.05, 0.1) is 0 Å². The van der Waals surface area contributed by atoms with Crippen molar-refractivity contribution in [2.45, 2.75) is 27.2 Å². The molecule has 1 fully saturated rings. The first-order chi connectivity index (χ1) is 6.13. The molecule has 0 amide bonds. The lowest BCUT2D eigenvalue weighted by Crippen LogP contribution is -2.43. The summed E-state index contributed by atoms with van der Waals surface area (Å²) in [4.78, 5) is 2.57. The highest BCUT2D eigenvalue weighted by molar-refractivity contribution is 4.78. The summed E-state index contributed by atoms with van der Waals surface area (Å²) in [6.45, 7) is 11.5. The second-order valence-corrected chi connectivity index (χ2v) is 4.92. The Morgan fingerprint density at radius 2 is 2.15 bits per heavy atom. The molecule has 1 saturated heterocycles. The van der Waals surface area contributed by atoms with Gasteiger partial charge in [0.2, 0.25) is 0 Å². The van der Waals surface area contributed by atoms with Crippen LogP contribution >= 0.6 is 0 Å². The monoisotopic (exact) mass is 184 g/mol. The Hall–Kier alpha value is -0.0800. The van der Waals surface area contributed by atoms with Crippen LogP contribution in [-0.2, 0) is 0 Å². The normalized spacial score (nSPS) is 31.2. The average Bonchev–Trinajstić information content (AvgIpc) is 2.07. The van der Waals surface area contributed by atoms with Crippen molar-refractivity contribution in [3.63, 3.8) is 0 Å². The third-order valence-electron chi connectivity index (χ3n) is 3.12. The van der Waals surface area contributed by atoms with Crippen LogP contribution in [0.2, 0.25) is 0 Å². The lowest BCUT2D eigenvalue weighted by Gasteiger charge is -2.37. The van der Waals surface area contributed by atoms with Gasteiger partial charge in [-0.1, -0.05) is 20.8 Å². The summed E-state index contributed by atoms with van der Waals surface area (Å²) in [5, 5.41) is 0. The Morgan fingerprint density at radius 3 is 2.69 bits per heavy atom. The van der Waals surface area contributed by atoms with Crippen LogP contribution < -0.4 is 5.73 Å². The zero-order valence-electron chi connectivity index (χ0n) is 9.29. The number of hydrogen-bond donors (Lipinski definition) is 1. The molecular weight excluding hydrogens is 160 g/mol. The summed E-state index contributed by atoms with van der Waals surface area (Å²) in [6.07, 6.45) is 1.33. The lowest BCUT2D eigenvalue weighted by molar-refractivity contribution is 0.120. The molecule has 0 aromatic heterocycles. The molecule has 1 rings (SSSR count). The molecule has 13 heavy (non-hydrogen) atoms. The smallest absolute Gasteiger partial charge is 0.00244 e. The van der Waals surface area contributed by atoms with Crippen molar-refractivity contribution in [2.75, 3.05) is 26.2 Å². The number of piperidine rings is 1. The average molecular weight is 184 g/mol. The first-order valence-corrected chi connectivity index (χ1v) is 5.56. The van der Waals surface area contributed by atoms with E-state index < -0.39 is 0 Å². The summed E-state index contributed by atoms with van der Waals surface area (Å²) in [7, 11) is 0. The van der Waals surface area contributed by atoms with Crippen molar-refractivity contribution in [1.82, 2.24) is 4.90 Å². The van der Waals surface area contributed by atoms with Crippen molar-refractivity contribution in [3.05, 3.63) is 0 Å². The minimum atomic E-state index is 0.729. The van der Waals surface area contributed by atoms with E-state index in [0.717, 1.165) is 24.3 Å². The lowest BCUT2D eigenvalue weighted by atomic mass is 9.87. The van der Waals surface area contributed by atoms with Crippen LogP contribution in [-0.4, -0.2) is 31.1 Å². The fourth-order valence-corrected chi connectivity index (χ4v) is 2.21. The standard InChI is InChI=1S/C11H24N2/c1-9(2)7-13-5-4-10(3)11(6-12)8-13/h9-11H,4-8,12H2,1-3H3. The van der Waals surface area contributed by atoms with E-state index in [1.165, 1.54) is 26.1 Å². The first kappa shape index (κ1) is 11.0. The summed E-state index contributed by atoms with van der Waals surface area (Å²) >= 11 is 0. The van der Waals surface area contributed by atoms with Crippen LogP contribution in [0.5, 0.6) is 0 Å². The molecule has 1 heterocycles. The van der Waals surface area contributed by atoms with Gasteiger partial charge in [-0.15, -0.1) is 0 Å². The Balaban J connectivity index is 2.36. The van der Waals surface area contributed by atoms with Gasteiger partial charge in [0.25, 0.3) is 0 Å². The van der Waals surface area contributed by atoms with E-state index in [1.54, 1.807) is 0 Å². The quantitative estimate of drug-likeness (QED) is 0.721. The summed E-state index contributed by atoms with van der Waals surface area (Å²) in [6, 6.07) is 0. The SMILES string of the molecule is CC(C)CN1CCC(C)C(CN)C1. The van der Waals surface area contributed by atoms with Gasteiger partial charge in [0.15, 0.2) is 0 Å². The molecule has 0 spiro atoms. The maximum atomic E-state index is 5.76. The topological polar surface area (TPSA) is 29.3 Å². The predicted octanol–water partition coefficient (Wildman–Crippen LogP) is 1.56. The maximum Gasteiger partial charge on any atom is 0.00244 e. The number of rotatable bonds is 3. The largest absolute Gasteiger partial charge is 0.330 e. The second-order valence-electron chi connectivity index (χ2n) is 4.92. The molecule has 0 aliphatic carbocycles. The molecule has 0 radical (unpaired) electrons. The van der Waals surface area contributed by atoms with Crippen LogP contribution in [0.4, 0.5) is 0 Å². The molecule has 0 aromatic rings. The van der Waals surface area contributed by atoms with Crippen molar-refractivity contribution in [1.29, 1.82) is 0 Å². The van der Waals surface area contributed by atoms with E-state index in [0.29, 0.717) is 0 Å². The van der Waals surface area contributed by atoms with E-state index in [9.17, 15) is 0 Å². The van der Waals surface area contributed by atoms with Gasteiger partial charge < -0.3 is 10.6 Å². The van der Waals surface area contributed by atoms with Gasteiger partial charge in [-0.25, -0.2) is 0 Å². The molecule has 2 atom stereocenters. The Bertz CT molecular complexity index is 145. The Morgan fingerprint density at radius 1 is 1.46 bits per heavy atom. The molecule has 0 aromatic carbocycles. The number of nitrogens with zero attached hydrogens (tertiary/aromatic N) is 1. The maximum absolute atomic E-state index is 5.76. The van der Waals surface area contributed by atoms with Crippen molar-refractivity contribution < 1.29 is 0 Å². The summed E-state index contributed by atoms with van der Waals surface area (Å²) in [5.41, 5.74) is 5.76. The van der Waals surface area contributed by atoms with Crippen LogP contribution in [0.25, 0.3) is 0 Å². The predicted molar refractivity (Wildman–Crippen MR) is 57.6 cm³/mol. The van der Waals surface area contributed by atoms with Crippen LogP contribution in [0, 0.1) is 17.8 Å². The van der Waals surface area contributed by atoms with E-state index in [2.05, 4.69) is 25.7 Å². The third-order valence-corrected chi connectivity index (χ3v) is 3.12. The van der Waals surface area contributed by atoms with Crippen LogP contribution in [0.1, 0.15) is 27.2 Å². The van der Waals surface area contributed by atoms with E-state index in [1.807, 2.05) is 0 Å². The zero-order valence-corrected chi connectivity index (χ0v) is 9.29. The zero-order chi connectivity index (χ0) is 9.84. The minimum Gasteiger partial charge on any atom is -0.330 e. The molecule has 0 saturated carbocycles. The van der Waals surface area contributed by atoms with Crippen molar-refractivity contribution in [2.24, 2.45) is 23.5 Å². The van der Waals surface area contributed by atoms with Gasteiger partial charge >= 0.3 is 0 Å². The molecule has 2 heteroatoms. The molecule has 2 N–H and O–H groups in total.